The topological polar surface area (TPSA) is 18.5 Å². The Balaban J connectivity index is 1.96. The summed E-state index contributed by atoms with van der Waals surface area (Å²) in [6.07, 6.45) is 5.31. The van der Waals surface area contributed by atoms with E-state index in [-0.39, 0.29) is 18.5 Å². The van der Waals surface area contributed by atoms with Crippen molar-refractivity contribution in [3.8, 4) is 0 Å². The Hall–Kier alpha value is -1.12. The van der Waals surface area contributed by atoms with Gasteiger partial charge in [-0.25, -0.2) is 0 Å². The first kappa shape index (κ1) is 11.4. The van der Waals surface area contributed by atoms with Gasteiger partial charge in [-0.15, -0.1) is 0 Å². The molecule has 0 spiro atoms. The SMILES string of the molecule is C[C@H]1C[C@H](C)OC(/C=C/c2ccccc2)O1. The van der Waals surface area contributed by atoms with E-state index in [4.69, 9.17) is 9.47 Å². The molecule has 2 atom stereocenters. The van der Waals surface area contributed by atoms with Gasteiger partial charge in [0.1, 0.15) is 0 Å². The monoisotopic (exact) mass is 218 g/mol. The van der Waals surface area contributed by atoms with Crippen LogP contribution in [0.2, 0.25) is 0 Å². The van der Waals surface area contributed by atoms with Gasteiger partial charge in [-0.05, 0) is 31.9 Å². The summed E-state index contributed by atoms with van der Waals surface area (Å²) in [5, 5.41) is 0. The Labute approximate surface area is 96.9 Å². The molecule has 0 amide bonds. The molecule has 1 aliphatic rings. The van der Waals surface area contributed by atoms with E-state index in [0.717, 1.165) is 6.42 Å². The van der Waals surface area contributed by atoms with Crippen molar-refractivity contribution in [1.29, 1.82) is 0 Å². The quantitative estimate of drug-likeness (QED) is 0.758. The van der Waals surface area contributed by atoms with Crippen LogP contribution in [0.1, 0.15) is 25.8 Å². The molecular weight excluding hydrogens is 200 g/mol. The second kappa shape index (κ2) is 5.28. The van der Waals surface area contributed by atoms with E-state index in [2.05, 4.69) is 26.0 Å². The Morgan fingerprint density at radius 2 is 1.69 bits per heavy atom. The Bertz CT molecular complexity index is 335. The zero-order valence-electron chi connectivity index (χ0n) is 9.80. The maximum absolute atomic E-state index is 5.67. The van der Waals surface area contributed by atoms with Crippen LogP contribution >= 0.6 is 0 Å². The van der Waals surface area contributed by atoms with E-state index in [1.807, 2.05) is 30.4 Å². The van der Waals surface area contributed by atoms with Crippen molar-refractivity contribution in [2.75, 3.05) is 0 Å². The standard InChI is InChI=1S/C14H18O2/c1-11-10-12(2)16-14(15-11)9-8-13-6-4-3-5-7-13/h3-9,11-12,14H,10H2,1-2H3/b9-8+/t11-,12-/m0/s1. The van der Waals surface area contributed by atoms with Crippen LogP contribution in [0.3, 0.4) is 0 Å². The second-order valence-electron chi connectivity index (χ2n) is 4.27. The first-order valence-electron chi connectivity index (χ1n) is 5.78. The van der Waals surface area contributed by atoms with Crippen LogP contribution in [-0.2, 0) is 9.47 Å². The van der Waals surface area contributed by atoms with Crippen molar-refractivity contribution in [2.24, 2.45) is 0 Å². The van der Waals surface area contributed by atoms with Crippen molar-refractivity contribution >= 4 is 6.08 Å². The lowest BCUT2D eigenvalue weighted by Crippen LogP contribution is -2.34. The highest BCUT2D eigenvalue weighted by atomic mass is 16.7. The third-order valence-corrected chi connectivity index (χ3v) is 2.64. The van der Waals surface area contributed by atoms with Crippen molar-refractivity contribution in [2.45, 2.75) is 38.8 Å². The highest BCUT2D eigenvalue weighted by Crippen LogP contribution is 2.19. The number of hydrogen-bond acceptors (Lipinski definition) is 2. The molecule has 0 bridgehead atoms. The molecule has 0 N–H and O–H groups in total. The lowest BCUT2D eigenvalue weighted by Gasteiger charge is -2.30. The van der Waals surface area contributed by atoms with Crippen LogP contribution in [0.25, 0.3) is 6.08 Å². The maximum Gasteiger partial charge on any atom is 0.177 e. The fourth-order valence-electron chi connectivity index (χ4n) is 1.91. The summed E-state index contributed by atoms with van der Waals surface area (Å²) < 4.78 is 11.3. The molecule has 86 valence electrons. The molecule has 1 heterocycles. The molecule has 2 rings (SSSR count). The van der Waals surface area contributed by atoms with Gasteiger partial charge in [0.25, 0.3) is 0 Å². The lowest BCUT2D eigenvalue weighted by atomic mass is 10.1. The van der Waals surface area contributed by atoms with Crippen LogP contribution < -0.4 is 0 Å². The van der Waals surface area contributed by atoms with Crippen molar-refractivity contribution in [1.82, 2.24) is 0 Å². The van der Waals surface area contributed by atoms with Crippen molar-refractivity contribution in [3.05, 3.63) is 42.0 Å². The molecule has 16 heavy (non-hydrogen) atoms. The van der Waals surface area contributed by atoms with E-state index in [0.29, 0.717) is 0 Å². The highest BCUT2D eigenvalue weighted by molar-refractivity contribution is 5.48. The fraction of sp³-hybridized carbons (Fsp3) is 0.429. The minimum atomic E-state index is -0.209. The van der Waals surface area contributed by atoms with Crippen molar-refractivity contribution in [3.63, 3.8) is 0 Å². The molecule has 0 aliphatic carbocycles. The summed E-state index contributed by atoms with van der Waals surface area (Å²) in [6.45, 7) is 4.17. The van der Waals surface area contributed by atoms with Crippen LogP contribution in [-0.4, -0.2) is 18.5 Å². The molecule has 0 radical (unpaired) electrons. The van der Waals surface area contributed by atoms with E-state index >= 15 is 0 Å². The number of benzene rings is 1. The zero-order valence-corrected chi connectivity index (χ0v) is 9.80. The predicted molar refractivity (Wildman–Crippen MR) is 65.0 cm³/mol. The van der Waals surface area contributed by atoms with Gasteiger partial charge in [0.2, 0.25) is 0 Å². The summed E-state index contributed by atoms with van der Waals surface area (Å²) in [5.41, 5.74) is 1.17. The summed E-state index contributed by atoms with van der Waals surface area (Å²) >= 11 is 0. The predicted octanol–water partition coefficient (Wildman–Crippen LogP) is 3.24. The Kier molecular flexibility index (Phi) is 3.75. The van der Waals surface area contributed by atoms with E-state index in [1.54, 1.807) is 0 Å². The Morgan fingerprint density at radius 3 is 2.31 bits per heavy atom. The van der Waals surface area contributed by atoms with Gasteiger partial charge in [0, 0.05) is 0 Å². The highest BCUT2D eigenvalue weighted by Gasteiger charge is 2.22. The molecule has 2 nitrogen and oxygen atoms in total. The third kappa shape index (κ3) is 3.19. The fourth-order valence-corrected chi connectivity index (χ4v) is 1.91. The van der Waals surface area contributed by atoms with Gasteiger partial charge >= 0.3 is 0 Å². The Morgan fingerprint density at radius 1 is 1.06 bits per heavy atom. The minimum Gasteiger partial charge on any atom is -0.346 e. The summed E-state index contributed by atoms with van der Waals surface area (Å²) in [4.78, 5) is 0. The number of ether oxygens (including phenoxy) is 2. The molecule has 1 aliphatic heterocycles. The van der Waals surface area contributed by atoms with Gasteiger partial charge in [-0.2, -0.15) is 0 Å². The van der Waals surface area contributed by atoms with Crippen LogP contribution in [0.15, 0.2) is 36.4 Å². The third-order valence-electron chi connectivity index (χ3n) is 2.64. The van der Waals surface area contributed by atoms with Crippen LogP contribution in [0.4, 0.5) is 0 Å². The average molecular weight is 218 g/mol. The molecule has 0 aromatic heterocycles. The molecule has 1 saturated heterocycles. The molecular formula is C14H18O2. The van der Waals surface area contributed by atoms with Gasteiger partial charge in [0.05, 0.1) is 12.2 Å². The molecule has 0 unspecified atom stereocenters. The second-order valence-corrected chi connectivity index (χ2v) is 4.27. The van der Waals surface area contributed by atoms with Gasteiger partial charge in [-0.1, -0.05) is 36.4 Å². The summed E-state index contributed by atoms with van der Waals surface area (Å²) in [6, 6.07) is 10.2. The van der Waals surface area contributed by atoms with Crippen LogP contribution in [0, 0.1) is 0 Å². The van der Waals surface area contributed by atoms with E-state index in [9.17, 15) is 0 Å². The molecule has 1 aromatic rings. The van der Waals surface area contributed by atoms with E-state index < -0.39 is 0 Å². The van der Waals surface area contributed by atoms with Gasteiger partial charge in [0.15, 0.2) is 6.29 Å². The zero-order chi connectivity index (χ0) is 11.4. The molecule has 2 heteroatoms. The molecule has 1 fully saturated rings. The maximum atomic E-state index is 5.67. The smallest absolute Gasteiger partial charge is 0.177 e. The largest absolute Gasteiger partial charge is 0.346 e. The van der Waals surface area contributed by atoms with Crippen molar-refractivity contribution < 1.29 is 9.47 Å². The molecule has 0 saturated carbocycles. The number of hydrogen-bond donors (Lipinski definition) is 0. The van der Waals surface area contributed by atoms with Gasteiger partial charge < -0.3 is 9.47 Å². The minimum absolute atomic E-state index is 0.209. The summed E-state index contributed by atoms with van der Waals surface area (Å²) in [7, 11) is 0. The first-order valence-corrected chi connectivity index (χ1v) is 5.78. The number of rotatable bonds is 2. The normalized spacial score (nSPS) is 30.8. The van der Waals surface area contributed by atoms with E-state index in [1.165, 1.54) is 5.56 Å². The summed E-state index contributed by atoms with van der Waals surface area (Å²) in [5.74, 6) is 0. The lowest BCUT2D eigenvalue weighted by molar-refractivity contribution is -0.209. The van der Waals surface area contributed by atoms with Gasteiger partial charge in [-0.3, -0.25) is 0 Å². The average Bonchev–Trinajstić information content (AvgIpc) is 2.27. The van der Waals surface area contributed by atoms with Crippen LogP contribution in [0.5, 0.6) is 0 Å². The molecule has 1 aromatic carbocycles. The first-order chi connectivity index (χ1) is 7.74.